The summed E-state index contributed by atoms with van der Waals surface area (Å²) in [7, 11) is 0. The van der Waals surface area contributed by atoms with E-state index in [-0.39, 0.29) is 17.8 Å². The van der Waals surface area contributed by atoms with Gasteiger partial charge in [-0.25, -0.2) is 0 Å². The Morgan fingerprint density at radius 2 is 1.88 bits per heavy atom. The molecule has 1 aliphatic heterocycles. The fourth-order valence-corrected chi connectivity index (χ4v) is 3.50. The minimum absolute atomic E-state index is 0. The van der Waals surface area contributed by atoms with Crippen molar-refractivity contribution in [2.45, 2.75) is 44.6 Å². The zero-order valence-electron chi connectivity index (χ0n) is 14.3. The van der Waals surface area contributed by atoms with Gasteiger partial charge in [0, 0.05) is 19.7 Å². The largest absolute Gasteiger partial charge is 0.378 e. The van der Waals surface area contributed by atoms with Crippen LogP contribution in [-0.2, 0) is 16.0 Å². The number of rotatable bonds is 7. The lowest BCUT2D eigenvalue weighted by Crippen LogP contribution is -2.45. The highest BCUT2D eigenvalue weighted by atomic mass is 35.5. The van der Waals surface area contributed by atoms with E-state index in [0.717, 1.165) is 58.2 Å². The third-order valence-corrected chi connectivity index (χ3v) is 5.12. The van der Waals surface area contributed by atoms with Gasteiger partial charge in [-0.1, -0.05) is 30.3 Å². The molecule has 1 saturated heterocycles. The molecule has 1 aromatic rings. The number of nitrogens with zero attached hydrogens (tertiary/aromatic N) is 1. The summed E-state index contributed by atoms with van der Waals surface area (Å²) in [4.78, 5) is 15.0. The molecule has 2 N–H and O–H groups in total. The van der Waals surface area contributed by atoms with E-state index in [1.165, 1.54) is 5.56 Å². The lowest BCUT2D eigenvalue weighted by Gasteiger charge is -2.34. The minimum Gasteiger partial charge on any atom is -0.378 e. The van der Waals surface area contributed by atoms with Gasteiger partial charge in [0.05, 0.1) is 11.5 Å². The number of hydrogen-bond donors (Lipinski definition) is 1. The number of carbonyl (C=O) groups excluding carboxylic acids is 1. The van der Waals surface area contributed by atoms with Gasteiger partial charge in [-0.2, -0.15) is 0 Å². The third-order valence-electron chi connectivity index (χ3n) is 5.12. The summed E-state index contributed by atoms with van der Waals surface area (Å²) in [6.07, 6.45) is 6.09. The molecular formula is C19H29ClN2O2. The second-order valence-corrected chi connectivity index (χ2v) is 6.95. The van der Waals surface area contributed by atoms with E-state index in [0.29, 0.717) is 18.6 Å². The quantitative estimate of drug-likeness (QED) is 0.768. The SMILES string of the molecule is Cl.NCCCOC1CCN(C(=O)C2(Cc3ccccc3)CC2)CC1. The average Bonchev–Trinajstić information content (AvgIpc) is 3.37. The molecule has 2 aliphatic rings. The van der Waals surface area contributed by atoms with Crippen LogP contribution >= 0.6 is 12.4 Å². The molecule has 4 nitrogen and oxygen atoms in total. The summed E-state index contributed by atoms with van der Waals surface area (Å²) in [5, 5.41) is 0. The first kappa shape index (κ1) is 19.2. The number of ether oxygens (including phenoxy) is 1. The normalized spacial score (nSPS) is 19.6. The molecule has 1 amide bonds. The first-order chi connectivity index (χ1) is 11.2. The van der Waals surface area contributed by atoms with Crippen LogP contribution in [0.5, 0.6) is 0 Å². The van der Waals surface area contributed by atoms with Crippen LogP contribution in [0.3, 0.4) is 0 Å². The molecule has 1 aliphatic carbocycles. The summed E-state index contributed by atoms with van der Waals surface area (Å²) in [5.74, 6) is 0.363. The summed E-state index contributed by atoms with van der Waals surface area (Å²) in [6.45, 7) is 3.09. The Kier molecular flexibility index (Phi) is 7.08. The zero-order chi connectivity index (χ0) is 16.1. The van der Waals surface area contributed by atoms with Crippen LogP contribution < -0.4 is 5.73 Å². The second-order valence-electron chi connectivity index (χ2n) is 6.95. The molecular weight excluding hydrogens is 324 g/mol. The molecule has 0 spiro atoms. The fraction of sp³-hybridized carbons (Fsp3) is 0.632. The summed E-state index contributed by atoms with van der Waals surface area (Å²) < 4.78 is 5.83. The van der Waals surface area contributed by atoms with Gasteiger partial charge in [0.1, 0.15) is 0 Å². The molecule has 0 aromatic heterocycles. The minimum atomic E-state index is -0.116. The number of hydrogen-bond acceptors (Lipinski definition) is 3. The number of nitrogens with two attached hydrogens (primary N) is 1. The molecule has 0 radical (unpaired) electrons. The predicted molar refractivity (Wildman–Crippen MR) is 98.3 cm³/mol. The van der Waals surface area contributed by atoms with Crippen molar-refractivity contribution < 1.29 is 9.53 Å². The smallest absolute Gasteiger partial charge is 0.229 e. The van der Waals surface area contributed by atoms with Crippen LogP contribution in [0.1, 0.15) is 37.7 Å². The maximum atomic E-state index is 12.9. The zero-order valence-corrected chi connectivity index (χ0v) is 15.1. The number of likely N-dealkylation sites (tertiary alicyclic amines) is 1. The maximum Gasteiger partial charge on any atom is 0.229 e. The maximum absolute atomic E-state index is 12.9. The highest BCUT2D eigenvalue weighted by molar-refractivity contribution is 5.86. The van der Waals surface area contributed by atoms with Crippen molar-refractivity contribution in [2.75, 3.05) is 26.2 Å². The molecule has 5 heteroatoms. The summed E-state index contributed by atoms with van der Waals surface area (Å²) >= 11 is 0. The van der Waals surface area contributed by atoms with Gasteiger partial charge in [-0.15, -0.1) is 12.4 Å². The van der Waals surface area contributed by atoms with Gasteiger partial charge in [0.2, 0.25) is 5.91 Å². The van der Waals surface area contributed by atoms with Crippen molar-refractivity contribution in [2.24, 2.45) is 11.1 Å². The Morgan fingerprint density at radius 1 is 1.21 bits per heavy atom. The van der Waals surface area contributed by atoms with E-state index in [1.54, 1.807) is 0 Å². The van der Waals surface area contributed by atoms with E-state index in [1.807, 2.05) is 6.07 Å². The molecule has 24 heavy (non-hydrogen) atoms. The summed E-state index contributed by atoms with van der Waals surface area (Å²) in [6, 6.07) is 10.4. The first-order valence-corrected chi connectivity index (χ1v) is 8.88. The van der Waals surface area contributed by atoms with E-state index < -0.39 is 0 Å². The second kappa shape index (κ2) is 8.84. The molecule has 1 saturated carbocycles. The van der Waals surface area contributed by atoms with Crippen molar-refractivity contribution in [3.63, 3.8) is 0 Å². The number of benzene rings is 1. The molecule has 0 atom stereocenters. The van der Waals surface area contributed by atoms with Crippen LogP contribution in [-0.4, -0.2) is 43.2 Å². The highest BCUT2D eigenvalue weighted by Crippen LogP contribution is 2.50. The average molecular weight is 353 g/mol. The van der Waals surface area contributed by atoms with Gasteiger partial charge >= 0.3 is 0 Å². The van der Waals surface area contributed by atoms with Gasteiger partial charge in [-0.05, 0) is 50.6 Å². The third kappa shape index (κ3) is 4.71. The lowest BCUT2D eigenvalue weighted by molar-refractivity contribution is -0.139. The molecule has 3 rings (SSSR count). The molecule has 1 heterocycles. The van der Waals surface area contributed by atoms with Gasteiger partial charge in [0.15, 0.2) is 0 Å². The molecule has 1 aromatic carbocycles. The summed E-state index contributed by atoms with van der Waals surface area (Å²) in [5.41, 5.74) is 6.65. The number of piperidine rings is 1. The molecule has 0 unspecified atom stereocenters. The lowest BCUT2D eigenvalue weighted by atomic mass is 9.93. The van der Waals surface area contributed by atoms with E-state index in [2.05, 4.69) is 29.2 Å². The van der Waals surface area contributed by atoms with Crippen LogP contribution in [0, 0.1) is 5.41 Å². The Labute approximate surface area is 151 Å². The first-order valence-electron chi connectivity index (χ1n) is 8.88. The van der Waals surface area contributed by atoms with Crippen molar-refractivity contribution in [1.82, 2.24) is 4.90 Å². The Balaban J connectivity index is 0.00000208. The van der Waals surface area contributed by atoms with Gasteiger partial charge < -0.3 is 15.4 Å². The van der Waals surface area contributed by atoms with E-state index in [9.17, 15) is 4.79 Å². The highest BCUT2D eigenvalue weighted by Gasteiger charge is 2.51. The van der Waals surface area contributed by atoms with Crippen LogP contribution in [0.15, 0.2) is 30.3 Å². The van der Waals surface area contributed by atoms with Crippen molar-refractivity contribution in [1.29, 1.82) is 0 Å². The standard InChI is InChI=1S/C19H28N2O2.ClH/c20-11-4-14-23-17-7-12-21(13-8-17)18(22)19(9-10-19)15-16-5-2-1-3-6-16;/h1-3,5-6,17H,4,7-15,20H2;1H. The van der Waals surface area contributed by atoms with Crippen molar-refractivity contribution >= 4 is 18.3 Å². The Bertz CT molecular complexity index is 511. The Morgan fingerprint density at radius 3 is 2.46 bits per heavy atom. The number of halogens is 1. The van der Waals surface area contributed by atoms with Crippen LogP contribution in [0.25, 0.3) is 0 Å². The molecule has 0 bridgehead atoms. The molecule has 134 valence electrons. The van der Waals surface area contributed by atoms with Gasteiger partial charge in [-0.3, -0.25) is 4.79 Å². The van der Waals surface area contributed by atoms with Crippen LogP contribution in [0.2, 0.25) is 0 Å². The van der Waals surface area contributed by atoms with E-state index >= 15 is 0 Å². The predicted octanol–water partition coefficient (Wildman–Crippen LogP) is 2.79. The number of amides is 1. The monoisotopic (exact) mass is 352 g/mol. The molecule has 2 fully saturated rings. The van der Waals surface area contributed by atoms with Crippen molar-refractivity contribution in [3.8, 4) is 0 Å². The van der Waals surface area contributed by atoms with E-state index in [4.69, 9.17) is 10.5 Å². The number of carbonyl (C=O) groups is 1. The Hall–Kier alpha value is -1.10. The van der Waals surface area contributed by atoms with Crippen LogP contribution in [0.4, 0.5) is 0 Å². The van der Waals surface area contributed by atoms with Crippen molar-refractivity contribution in [3.05, 3.63) is 35.9 Å². The topological polar surface area (TPSA) is 55.6 Å². The fourth-order valence-electron chi connectivity index (χ4n) is 3.50. The van der Waals surface area contributed by atoms with Gasteiger partial charge in [0.25, 0.3) is 0 Å².